The quantitative estimate of drug-likeness (QED) is 0.805. The number of rotatable bonds is 2. The van der Waals surface area contributed by atoms with Crippen molar-refractivity contribution in [2.75, 3.05) is 0 Å². The zero-order valence-corrected chi connectivity index (χ0v) is 11.0. The van der Waals surface area contributed by atoms with E-state index in [0.717, 1.165) is 12.8 Å². The van der Waals surface area contributed by atoms with Crippen LogP contribution in [0.25, 0.3) is 0 Å². The molecule has 0 amide bonds. The van der Waals surface area contributed by atoms with Crippen molar-refractivity contribution in [3.63, 3.8) is 0 Å². The van der Waals surface area contributed by atoms with Crippen LogP contribution < -0.4 is 4.74 Å². The highest BCUT2D eigenvalue weighted by Crippen LogP contribution is 2.30. The van der Waals surface area contributed by atoms with Gasteiger partial charge in [-0.25, -0.2) is 4.98 Å². The molecule has 1 aromatic heterocycles. The second kappa shape index (κ2) is 4.95. The Labute approximate surface area is 108 Å². The van der Waals surface area contributed by atoms with E-state index in [0.29, 0.717) is 11.4 Å². The topological polar surface area (TPSA) is 55.1 Å². The Balaban J connectivity index is 2.07. The number of aromatic nitrogens is 1. The van der Waals surface area contributed by atoms with Crippen molar-refractivity contribution in [2.45, 2.75) is 51.4 Å². The minimum absolute atomic E-state index is 0.123. The van der Waals surface area contributed by atoms with Gasteiger partial charge < -0.3 is 9.47 Å². The predicted octanol–water partition coefficient (Wildman–Crippen LogP) is 2.68. The fraction of sp³-hybridized carbons (Fsp3) is 0.571. The zero-order chi connectivity index (χ0) is 13.2. The molecule has 0 bridgehead atoms. The van der Waals surface area contributed by atoms with Crippen molar-refractivity contribution in [1.82, 2.24) is 4.98 Å². The molecule has 0 N–H and O–H groups in total. The lowest BCUT2D eigenvalue weighted by atomic mass is 9.93. The molecule has 1 aliphatic rings. The average Bonchev–Trinajstić information content (AvgIpc) is 2.26. The molecule has 18 heavy (non-hydrogen) atoms. The molecule has 2 heterocycles. The lowest BCUT2D eigenvalue weighted by Gasteiger charge is -2.39. The SMILES string of the molecule is CC1CC(Oc2ccnc(C#N)c2)CC(C)(C)O1. The number of pyridine rings is 1. The molecule has 0 aliphatic carbocycles. The largest absolute Gasteiger partial charge is 0.490 e. The normalized spacial score (nSPS) is 26.3. The molecule has 0 radical (unpaired) electrons. The van der Waals surface area contributed by atoms with Crippen LogP contribution in [0.4, 0.5) is 0 Å². The molecule has 4 nitrogen and oxygen atoms in total. The first-order chi connectivity index (χ1) is 8.48. The molecule has 1 aromatic rings. The number of nitrogens with zero attached hydrogens (tertiary/aromatic N) is 2. The summed E-state index contributed by atoms with van der Waals surface area (Å²) < 4.78 is 11.8. The van der Waals surface area contributed by atoms with Crippen LogP contribution in [-0.4, -0.2) is 22.8 Å². The molecule has 0 saturated carbocycles. The summed E-state index contributed by atoms with van der Waals surface area (Å²) in [5.41, 5.74) is 0.222. The molecule has 2 unspecified atom stereocenters. The van der Waals surface area contributed by atoms with E-state index < -0.39 is 0 Å². The highest BCUT2D eigenvalue weighted by molar-refractivity contribution is 5.29. The van der Waals surface area contributed by atoms with Crippen molar-refractivity contribution < 1.29 is 9.47 Å². The van der Waals surface area contributed by atoms with Gasteiger partial charge in [0.05, 0.1) is 11.7 Å². The minimum Gasteiger partial charge on any atom is -0.490 e. The smallest absolute Gasteiger partial charge is 0.144 e. The van der Waals surface area contributed by atoms with E-state index in [1.165, 1.54) is 0 Å². The minimum atomic E-state index is -0.159. The van der Waals surface area contributed by atoms with Crippen LogP contribution in [-0.2, 0) is 4.74 Å². The maximum atomic E-state index is 8.80. The molecular formula is C14H18N2O2. The highest BCUT2D eigenvalue weighted by atomic mass is 16.5. The first-order valence-electron chi connectivity index (χ1n) is 6.19. The van der Waals surface area contributed by atoms with Crippen LogP contribution in [0.3, 0.4) is 0 Å². The van der Waals surface area contributed by atoms with E-state index in [4.69, 9.17) is 14.7 Å². The standard InChI is InChI=1S/C14H18N2O2/c1-10-6-13(8-14(2,3)18-10)17-12-4-5-16-11(7-12)9-15/h4-5,7,10,13H,6,8H2,1-3H3. The molecule has 4 heteroatoms. The fourth-order valence-electron chi connectivity index (χ4n) is 2.47. The van der Waals surface area contributed by atoms with Gasteiger partial charge in [-0.05, 0) is 26.8 Å². The summed E-state index contributed by atoms with van der Waals surface area (Å²) in [6, 6.07) is 5.47. The van der Waals surface area contributed by atoms with Crippen molar-refractivity contribution in [2.24, 2.45) is 0 Å². The second-order valence-corrected chi connectivity index (χ2v) is 5.36. The summed E-state index contributed by atoms with van der Waals surface area (Å²) in [6.45, 7) is 6.21. The predicted molar refractivity (Wildman–Crippen MR) is 67.2 cm³/mol. The van der Waals surface area contributed by atoms with E-state index in [1.54, 1.807) is 18.3 Å². The highest BCUT2D eigenvalue weighted by Gasteiger charge is 2.33. The van der Waals surface area contributed by atoms with E-state index >= 15 is 0 Å². The van der Waals surface area contributed by atoms with Crippen molar-refractivity contribution in [3.05, 3.63) is 24.0 Å². The Kier molecular flexibility index (Phi) is 3.53. The van der Waals surface area contributed by atoms with Gasteiger partial charge in [-0.1, -0.05) is 0 Å². The van der Waals surface area contributed by atoms with Gasteiger partial charge in [-0.2, -0.15) is 5.26 Å². The van der Waals surface area contributed by atoms with Gasteiger partial charge in [0.2, 0.25) is 0 Å². The fourth-order valence-corrected chi connectivity index (χ4v) is 2.47. The van der Waals surface area contributed by atoms with E-state index in [1.807, 2.05) is 6.07 Å². The average molecular weight is 246 g/mol. The third kappa shape index (κ3) is 3.21. The Hall–Kier alpha value is -1.60. The van der Waals surface area contributed by atoms with Crippen molar-refractivity contribution in [1.29, 1.82) is 5.26 Å². The maximum absolute atomic E-state index is 8.80. The molecule has 96 valence electrons. The van der Waals surface area contributed by atoms with Gasteiger partial charge >= 0.3 is 0 Å². The molecule has 1 saturated heterocycles. The molecular weight excluding hydrogens is 228 g/mol. The van der Waals surface area contributed by atoms with E-state index in [9.17, 15) is 0 Å². The number of nitriles is 1. The van der Waals surface area contributed by atoms with Crippen LogP contribution in [0.2, 0.25) is 0 Å². The summed E-state index contributed by atoms with van der Waals surface area (Å²) in [5, 5.41) is 8.80. The third-order valence-corrected chi connectivity index (χ3v) is 2.98. The first kappa shape index (κ1) is 12.8. The lowest BCUT2D eigenvalue weighted by molar-refractivity contribution is -0.131. The van der Waals surface area contributed by atoms with Crippen molar-refractivity contribution in [3.8, 4) is 11.8 Å². The molecule has 2 rings (SSSR count). The molecule has 2 atom stereocenters. The molecule has 1 fully saturated rings. The van der Waals surface area contributed by atoms with Crippen LogP contribution in [0, 0.1) is 11.3 Å². The van der Waals surface area contributed by atoms with Gasteiger partial charge in [-0.3, -0.25) is 0 Å². The molecule has 0 spiro atoms. The molecule has 1 aliphatic heterocycles. The van der Waals surface area contributed by atoms with Crippen LogP contribution in [0.1, 0.15) is 39.3 Å². The summed E-state index contributed by atoms with van der Waals surface area (Å²) in [7, 11) is 0. The summed E-state index contributed by atoms with van der Waals surface area (Å²) >= 11 is 0. The number of hydrogen-bond acceptors (Lipinski definition) is 4. The summed E-state index contributed by atoms with van der Waals surface area (Å²) in [4.78, 5) is 3.93. The summed E-state index contributed by atoms with van der Waals surface area (Å²) in [5.74, 6) is 0.705. The Bertz CT molecular complexity index is 465. The van der Waals surface area contributed by atoms with Crippen LogP contribution in [0.5, 0.6) is 5.75 Å². The Morgan fingerprint density at radius 1 is 1.56 bits per heavy atom. The third-order valence-electron chi connectivity index (χ3n) is 2.98. The van der Waals surface area contributed by atoms with Gasteiger partial charge in [0, 0.05) is 25.1 Å². The maximum Gasteiger partial charge on any atom is 0.144 e. The van der Waals surface area contributed by atoms with Gasteiger partial charge in [0.15, 0.2) is 0 Å². The van der Waals surface area contributed by atoms with Crippen LogP contribution in [0.15, 0.2) is 18.3 Å². The van der Waals surface area contributed by atoms with Gasteiger partial charge in [0.25, 0.3) is 0 Å². The Morgan fingerprint density at radius 3 is 3.00 bits per heavy atom. The van der Waals surface area contributed by atoms with Crippen molar-refractivity contribution >= 4 is 0 Å². The van der Waals surface area contributed by atoms with Crippen LogP contribution >= 0.6 is 0 Å². The second-order valence-electron chi connectivity index (χ2n) is 5.36. The monoisotopic (exact) mass is 246 g/mol. The zero-order valence-electron chi connectivity index (χ0n) is 11.0. The first-order valence-corrected chi connectivity index (χ1v) is 6.19. The Morgan fingerprint density at radius 2 is 2.33 bits per heavy atom. The van der Waals surface area contributed by atoms with E-state index in [2.05, 4.69) is 25.8 Å². The number of ether oxygens (including phenoxy) is 2. The van der Waals surface area contributed by atoms with Gasteiger partial charge in [-0.15, -0.1) is 0 Å². The number of hydrogen-bond donors (Lipinski definition) is 0. The molecule has 0 aromatic carbocycles. The van der Waals surface area contributed by atoms with Gasteiger partial charge in [0.1, 0.15) is 23.6 Å². The van der Waals surface area contributed by atoms with E-state index in [-0.39, 0.29) is 17.8 Å². The lowest BCUT2D eigenvalue weighted by Crippen LogP contribution is -2.43. The summed E-state index contributed by atoms with van der Waals surface area (Å²) in [6.07, 6.45) is 3.63.